The molecule has 0 aliphatic heterocycles. The monoisotopic (exact) mass is 287 g/mol. The summed E-state index contributed by atoms with van der Waals surface area (Å²) < 4.78 is 44.5. The van der Waals surface area contributed by atoms with Crippen molar-refractivity contribution in [1.82, 2.24) is 5.32 Å². The lowest BCUT2D eigenvalue weighted by Gasteiger charge is -2.25. The average molecular weight is 287 g/mol. The Balaban J connectivity index is 1.99. The Kier molecular flexibility index (Phi) is 4.70. The van der Waals surface area contributed by atoms with Gasteiger partial charge in [-0.25, -0.2) is 0 Å². The van der Waals surface area contributed by atoms with Crippen molar-refractivity contribution in [2.24, 2.45) is 5.41 Å². The zero-order chi connectivity index (χ0) is 14.6. The summed E-state index contributed by atoms with van der Waals surface area (Å²) in [5, 5.41) is 2.71. The van der Waals surface area contributed by atoms with Gasteiger partial charge in [0.2, 0.25) is 0 Å². The molecule has 1 fully saturated rings. The molecule has 1 aliphatic carbocycles. The normalized spacial score (nSPS) is 18.8. The van der Waals surface area contributed by atoms with E-state index in [0.29, 0.717) is 13.2 Å². The van der Waals surface area contributed by atoms with E-state index in [1.165, 1.54) is 12.1 Å². The number of alkyl halides is 3. The maximum absolute atomic E-state index is 13.2. The minimum absolute atomic E-state index is 0.00566. The second kappa shape index (κ2) is 6.14. The third-order valence-corrected chi connectivity index (χ3v) is 3.94. The molecular formula is C15H20F3NO. The molecule has 1 aliphatic rings. The fraction of sp³-hybridized carbons (Fsp3) is 0.600. The molecule has 0 amide bonds. The Morgan fingerprint density at radius 3 is 2.40 bits per heavy atom. The van der Waals surface area contributed by atoms with Crippen molar-refractivity contribution in [3.63, 3.8) is 0 Å². The van der Waals surface area contributed by atoms with Crippen LogP contribution in [0.2, 0.25) is 0 Å². The van der Waals surface area contributed by atoms with Crippen LogP contribution in [0.15, 0.2) is 30.3 Å². The Morgan fingerprint density at radius 2 is 1.90 bits per heavy atom. The largest absolute Gasteiger partial charge is 0.407 e. The van der Waals surface area contributed by atoms with Crippen LogP contribution in [-0.4, -0.2) is 26.4 Å². The predicted octanol–water partition coefficient (Wildman–Crippen LogP) is 3.70. The quantitative estimate of drug-likeness (QED) is 0.825. The van der Waals surface area contributed by atoms with Crippen molar-refractivity contribution >= 4 is 0 Å². The van der Waals surface area contributed by atoms with Crippen LogP contribution in [0.1, 0.15) is 30.9 Å². The molecule has 1 N–H and O–H groups in total. The van der Waals surface area contributed by atoms with Gasteiger partial charge in [0.05, 0.1) is 0 Å². The Hall–Kier alpha value is -1.07. The van der Waals surface area contributed by atoms with E-state index in [4.69, 9.17) is 4.74 Å². The fourth-order valence-corrected chi connectivity index (χ4v) is 2.40. The van der Waals surface area contributed by atoms with E-state index in [1.807, 2.05) is 0 Å². The highest BCUT2D eigenvalue weighted by Crippen LogP contribution is 2.49. The van der Waals surface area contributed by atoms with E-state index in [0.717, 1.165) is 19.3 Å². The SMILES string of the molecule is COCCC1(CNC(c2ccccc2)C(F)(F)F)CC1. The van der Waals surface area contributed by atoms with Gasteiger partial charge in [0, 0.05) is 20.3 Å². The van der Waals surface area contributed by atoms with Crippen LogP contribution < -0.4 is 5.32 Å². The summed E-state index contributed by atoms with van der Waals surface area (Å²) in [6.07, 6.45) is -1.51. The van der Waals surface area contributed by atoms with E-state index in [-0.39, 0.29) is 11.0 Å². The Morgan fingerprint density at radius 1 is 1.25 bits per heavy atom. The number of nitrogens with one attached hydrogen (secondary N) is 1. The first-order valence-corrected chi connectivity index (χ1v) is 6.81. The molecule has 0 saturated heterocycles. The molecular weight excluding hydrogens is 267 g/mol. The molecule has 1 atom stereocenters. The van der Waals surface area contributed by atoms with Crippen molar-refractivity contribution in [3.05, 3.63) is 35.9 Å². The standard InChI is InChI=1S/C15H20F3NO/c1-20-10-9-14(7-8-14)11-19-13(15(16,17)18)12-5-3-2-4-6-12/h2-6,13,19H,7-11H2,1H3. The lowest BCUT2D eigenvalue weighted by Crippen LogP contribution is -2.37. The highest BCUT2D eigenvalue weighted by atomic mass is 19.4. The van der Waals surface area contributed by atoms with Gasteiger partial charge in [-0.3, -0.25) is 0 Å². The molecule has 0 spiro atoms. The summed E-state index contributed by atoms with van der Waals surface area (Å²) in [5.41, 5.74) is 0.261. The van der Waals surface area contributed by atoms with Gasteiger partial charge in [-0.05, 0) is 30.2 Å². The molecule has 0 heterocycles. The highest BCUT2D eigenvalue weighted by molar-refractivity contribution is 5.20. The number of hydrogen-bond acceptors (Lipinski definition) is 2. The van der Waals surface area contributed by atoms with Crippen LogP contribution in [0, 0.1) is 5.41 Å². The Bertz CT molecular complexity index is 415. The average Bonchev–Trinajstić information content (AvgIpc) is 3.17. The van der Waals surface area contributed by atoms with Gasteiger partial charge >= 0.3 is 6.18 Å². The molecule has 2 nitrogen and oxygen atoms in total. The van der Waals surface area contributed by atoms with Crippen LogP contribution >= 0.6 is 0 Å². The summed E-state index contributed by atoms with van der Waals surface area (Å²) in [7, 11) is 1.62. The van der Waals surface area contributed by atoms with Crippen molar-refractivity contribution in [1.29, 1.82) is 0 Å². The number of ether oxygens (including phenoxy) is 1. The first-order chi connectivity index (χ1) is 9.47. The van der Waals surface area contributed by atoms with Crippen molar-refractivity contribution in [3.8, 4) is 0 Å². The topological polar surface area (TPSA) is 21.3 Å². The molecule has 0 aromatic heterocycles. The lowest BCUT2D eigenvalue weighted by atomic mass is 10.0. The molecule has 1 aromatic rings. The minimum atomic E-state index is -4.28. The van der Waals surface area contributed by atoms with Crippen LogP contribution in [0.25, 0.3) is 0 Å². The van der Waals surface area contributed by atoms with Crippen molar-refractivity contribution in [2.75, 3.05) is 20.3 Å². The van der Waals surface area contributed by atoms with E-state index in [1.54, 1.807) is 25.3 Å². The molecule has 0 bridgehead atoms. The molecule has 1 saturated carbocycles. The first-order valence-electron chi connectivity index (χ1n) is 6.81. The van der Waals surface area contributed by atoms with Crippen LogP contribution in [0.5, 0.6) is 0 Å². The van der Waals surface area contributed by atoms with Gasteiger partial charge in [0.15, 0.2) is 0 Å². The summed E-state index contributed by atoms with van der Waals surface area (Å²) in [6.45, 7) is 0.985. The Labute approximate surface area is 117 Å². The smallest absolute Gasteiger partial charge is 0.385 e. The molecule has 0 radical (unpaired) electrons. The zero-order valence-corrected chi connectivity index (χ0v) is 11.5. The number of rotatable bonds is 7. The first kappa shape index (κ1) is 15.3. The molecule has 5 heteroatoms. The number of halogens is 3. The van der Waals surface area contributed by atoms with Crippen LogP contribution in [0.3, 0.4) is 0 Å². The van der Waals surface area contributed by atoms with Gasteiger partial charge in [-0.2, -0.15) is 13.2 Å². The molecule has 20 heavy (non-hydrogen) atoms. The van der Waals surface area contributed by atoms with Crippen molar-refractivity contribution < 1.29 is 17.9 Å². The van der Waals surface area contributed by atoms with Gasteiger partial charge in [0.1, 0.15) is 6.04 Å². The van der Waals surface area contributed by atoms with E-state index in [9.17, 15) is 13.2 Å². The summed E-state index contributed by atoms with van der Waals surface area (Å²) in [4.78, 5) is 0. The third-order valence-electron chi connectivity index (χ3n) is 3.94. The highest BCUT2D eigenvalue weighted by Gasteiger charge is 2.46. The van der Waals surface area contributed by atoms with Gasteiger partial charge in [0.25, 0.3) is 0 Å². The lowest BCUT2D eigenvalue weighted by molar-refractivity contribution is -0.158. The van der Waals surface area contributed by atoms with Gasteiger partial charge < -0.3 is 10.1 Å². The third kappa shape index (κ3) is 3.96. The van der Waals surface area contributed by atoms with Crippen LogP contribution in [0.4, 0.5) is 13.2 Å². The molecule has 2 rings (SSSR count). The second-order valence-corrected chi connectivity index (χ2v) is 5.51. The second-order valence-electron chi connectivity index (χ2n) is 5.51. The minimum Gasteiger partial charge on any atom is -0.385 e. The summed E-state index contributed by atoms with van der Waals surface area (Å²) in [6, 6.07) is 6.42. The predicted molar refractivity (Wildman–Crippen MR) is 71.4 cm³/mol. The summed E-state index contributed by atoms with van der Waals surface area (Å²) in [5.74, 6) is 0. The molecule has 1 aromatic carbocycles. The van der Waals surface area contributed by atoms with E-state index in [2.05, 4.69) is 5.32 Å². The van der Waals surface area contributed by atoms with Crippen molar-refractivity contribution in [2.45, 2.75) is 31.5 Å². The molecule has 1 unspecified atom stereocenters. The number of methoxy groups -OCH3 is 1. The summed E-state index contributed by atoms with van der Waals surface area (Å²) >= 11 is 0. The van der Waals surface area contributed by atoms with E-state index < -0.39 is 12.2 Å². The fourth-order valence-electron chi connectivity index (χ4n) is 2.40. The molecule has 112 valence electrons. The maximum atomic E-state index is 13.2. The number of hydrogen-bond donors (Lipinski definition) is 1. The zero-order valence-electron chi connectivity index (χ0n) is 11.5. The van der Waals surface area contributed by atoms with Crippen LogP contribution in [-0.2, 0) is 4.74 Å². The van der Waals surface area contributed by atoms with Gasteiger partial charge in [-0.15, -0.1) is 0 Å². The maximum Gasteiger partial charge on any atom is 0.407 e. The number of benzene rings is 1. The van der Waals surface area contributed by atoms with E-state index >= 15 is 0 Å². The van der Waals surface area contributed by atoms with Gasteiger partial charge in [-0.1, -0.05) is 30.3 Å².